The average Bonchev–Trinajstić information content (AvgIpc) is 2.87. The van der Waals surface area contributed by atoms with Crippen molar-refractivity contribution in [3.05, 3.63) is 92.3 Å². The molecule has 36 heavy (non-hydrogen) atoms. The highest BCUT2D eigenvalue weighted by Crippen LogP contribution is 2.46. The topological polar surface area (TPSA) is 117 Å². The zero-order valence-electron chi connectivity index (χ0n) is 20.4. The molecule has 0 radical (unpaired) electrons. The lowest BCUT2D eigenvalue weighted by atomic mass is 9.71. The van der Waals surface area contributed by atoms with E-state index in [0.717, 1.165) is 17.0 Å². The maximum Gasteiger partial charge on any atom is 0.336 e. The van der Waals surface area contributed by atoms with Crippen LogP contribution < -0.4 is 10.1 Å². The number of rotatable bonds is 8. The fourth-order valence-corrected chi connectivity index (χ4v) is 4.87. The first-order valence-corrected chi connectivity index (χ1v) is 11.6. The van der Waals surface area contributed by atoms with Crippen LogP contribution in [0.2, 0.25) is 0 Å². The van der Waals surface area contributed by atoms with Gasteiger partial charge in [0.2, 0.25) is 0 Å². The smallest absolute Gasteiger partial charge is 0.336 e. The molecule has 0 bridgehead atoms. The number of hydrogen-bond acceptors (Lipinski definition) is 8. The maximum atomic E-state index is 13.6. The van der Waals surface area contributed by atoms with Crippen LogP contribution in [0.4, 0.5) is 5.69 Å². The van der Waals surface area contributed by atoms with Gasteiger partial charge in [-0.2, -0.15) is 0 Å². The van der Waals surface area contributed by atoms with Crippen LogP contribution in [-0.4, -0.2) is 44.1 Å². The van der Waals surface area contributed by atoms with Crippen molar-refractivity contribution in [1.29, 1.82) is 0 Å². The second-order valence-corrected chi connectivity index (χ2v) is 8.77. The molecule has 2 atom stereocenters. The molecule has 1 N–H and O–H groups in total. The van der Waals surface area contributed by atoms with Crippen LogP contribution >= 0.6 is 0 Å². The Balaban J connectivity index is 1.76. The monoisotopic (exact) mass is 492 g/mol. The third kappa shape index (κ3) is 5.01. The lowest BCUT2D eigenvalue weighted by molar-refractivity contribution is -0.384. The molecule has 2 aromatic rings. The largest absolute Gasteiger partial charge is 0.497 e. The number of allylic oxidation sites excluding steroid dienone is 3. The Morgan fingerprint density at radius 3 is 2.50 bits per heavy atom. The van der Waals surface area contributed by atoms with E-state index in [9.17, 15) is 19.7 Å². The number of methoxy groups -OCH3 is 2. The molecule has 1 heterocycles. The van der Waals surface area contributed by atoms with E-state index in [1.807, 2.05) is 24.3 Å². The van der Waals surface area contributed by atoms with Gasteiger partial charge in [0, 0.05) is 48.5 Å². The van der Waals surface area contributed by atoms with Gasteiger partial charge < -0.3 is 19.5 Å². The molecule has 2 aliphatic rings. The van der Waals surface area contributed by atoms with Gasteiger partial charge in [-0.15, -0.1) is 0 Å². The average molecular weight is 493 g/mol. The minimum atomic E-state index is -0.777. The maximum absolute atomic E-state index is 13.6. The number of nitro groups is 1. The molecular weight excluding hydrogens is 464 g/mol. The molecule has 4 rings (SSSR count). The lowest BCUT2D eigenvalue weighted by Crippen LogP contribution is -2.36. The van der Waals surface area contributed by atoms with Crippen molar-refractivity contribution in [2.75, 3.05) is 27.4 Å². The summed E-state index contributed by atoms with van der Waals surface area (Å²) in [5.74, 6) is -0.803. The van der Waals surface area contributed by atoms with Gasteiger partial charge in [0.25, 0.3) is 5.69 Å². The summed E-state index contributed by atoms with van der Waals surface area (Å²) in [6, 6.07) is 13.7. The van der Waals surface area contributed by atoms with Crippen LogP contribution in [0.25, 0.3) is 0 Å². The molecule has 188 valence electrons. The van der Waals surface area contributed by atoms with Gasteiger partial charge in [0.15, 0.2) is 5.78 Å². The first kappa shape index (κ1) is 25.1. The number of carbonyl (C=O) groups is 2. The van der Waals surface area contributed by atoms with Crippen LogP contribution in [-0.2, 0) is 19.1 Å². The van der Waals surface area contributed by atoms with E-state index in [2.05, 4.69) is 5.32 Å². The summed E-state index contributed by atoms with van der Waals surface area (Å²) in [4.78, 5) is 37.8. The van der Waals surface area contributed by atoms with Gasteiger partial charge >= 0.3 is 5.97 Å². The quantitative estimate of drug-likeness (QED) is 0.253. The number of Topliss-reactive ketones (excluding diaryl/α,β-unsaturated/α-hetero) is 1. The van der Waals surface area contributed by atoms with Crippen LogP contribution in [0.1, 0.15) is 42.7 Å². The number of ketones is 1. The molecule has 0 amide bonds. The highest BCUT2D eigenvalue weighted by molar-refractivity contribution is 6.04. The molecule has 0 saturated heterocycles. The van der Waals surface area contributed by atoms with Crippen LogP contribution in [0, 0.1) is 10.1 Å². The van der Waals surface area contributed by atoms with Crippen LogP contribution in [0.5, 0.6) is 5.75 Å². The fraction of sp³-hybridized carbons (Fsp3) is 0.333. The number of benzene rings is 2. The molecule has 0 aromatic heterocycles. The molecule has 9 heteroatoms. The molecule has 9 nitrogen and oxygen atoms in total. The predicted molar refractivity (Wildman–Crippen MR) is 132 cm³/mol. The van der Waals surface area contributed by atoms with Gasteiger partial charge in [0.1, 0.15) is 12.4 Å². The zero-order valence-corrected chi connectivity index (χ0v) is 20.4. The molecular formula is C27H28N2O7. The van der Waals surface area contributed by atoms with E-state index < -0.39 is 16.8 Å². The molecule has 0 fully saturated rings. The van der Waals surface area contributed by atoms with E-state index >= 15 is 0 Å². The van der Waals surface area contributed by atoms with E-state index in [1.165, 1.54) is 19.2 Å². The second kappa shape index (κ2) is 10.7. The van der Waals surface area contributed by atoms with Crippen molar-refractivity contribution in [3.8, 4) is 5.75 Å². The van der Waals surface area contributed by atoms with Gasteiger partial charge in [-0.05, 0) is 42.5 Å². The summed E-state index contributed by atoms with van der Waals surface area (Å²) >= 11 is 0. The zero-order chi connectivity index (χ0) is 25.8. The molecule has 0 spiro atoms. The Morgan fingerprint density at radius 1 is 1.08 bits per heavy atom. The Hall–Kier alpha value is -3.98. The minimum absolute atomic E-state index is 0.0488. The van der Waals surface area contributed by atoms with Gasteiger partial charge in [-0.3, -0.25) is 14.9 Å². The van der Waals surface area contributed by atoms with Gasteiger partial charge in [-0.1, -0.05) is 24.3 Å². The van der Waals surface area contributed by atoms with Crippen molar-refractivity contribution >= 4 is 17.4 Å². The number of esters is 1. The Bertz CT molecular complexity index is 1250. The first-order valence-electron chi connectivity index (χ1n) is 11.6. The van der Waals surface area contributed by atoms with Crippen LogP contribution in [0.3, 0.4) is 0 Å². The lowest BCUT2D eigenvalue weighted by Gasteiger charge is -2.36. The van der Waals surface area contributed by atoms with E-state index in [4.69, 9.17) is 14.2 Å². The van der Waals surface area contributed by atoms with E-state index in [0.29, 0.717) is 23.3 Å². The standard InChI is InChI=1S/C27H28N2O7/c1-16-24(27(31)36-12-11-34-2)25(18-5-4-6-20(13-18)29(32)33)26-22(28-16)14-19(15-23(26)30)17-7-9-21(35-3)10-8-17/h4-10,13,19,25,28H,11-12,14-15H2,1-3H3/t19-,25+/m0/s1. The number of nitro benzene ring substituents is 1. The Labute approximate surface area is 208 Å². The fourth-order valence-electron chi connectivity index (χ4n) is 4.87. The Morgan fingerprint density at radius 2 is 1.83 bits per heavy atom. The normalized spacial score (nSPS) is 19.5. The predicted octanol–water partition coefficient (Wildman–Crippen LogP) is 4.15. The number of carbonyl (C=O) groups excluding carboxylic acids is 2. The number of nitrogens with one attached hydrogen (secondary N) is 1. The highest BCUT2D eigenvalue weighted by atomic mass is 16.6. The summed E-state index contributed by atoms with van der Waals surface area (Å²) in [7, 11) is 3.10. The molecule has 1 aliphatic carbocycles. The number of hydrogen-bond donors (Lipinski definition) is 1. The van der Waals surface area contributed by atoms with Crippen molar-refractivity contribution < 1.29 is 28.7 Å². The third-order valence-corrected chi connectivity index (χ3v) is 6.57. The molecule has 1 aliphatic heterocycles. The number of dihydropyridines is 1. The molecule has 0 unspecified atom stereocenters. The molecule has 0 saturated carbocycles. The van der Waals surface area contributed by atoms with Crippen LogP contribution in [0.15, 0.2) is 71.1 Å². The van der Waals surface area contributed by atoms with E-state index in [1.54, 1.807) is 26.2 Å². The Kier molecular flexibility index (Phi) is 7.49. The van der Waals surface area contributed by atoms with Crippen molar-refractivity contribution in [3.63, 3.8) is 0 Å². The second-order valence-electron chi connectivity index (χ2n) is 8.77. The number of ether oxygens (including phenoxy) is 3. The van der Waals surface area contributed by atoms with Crippen molar-refractivity contribution in [1.82, 2.24) is 5.32 Å². The van der Waals surface area contributed by atoms with E-state index in [-0.39, 0.29) is 42.6 Å². The summed E-state index contributed by atoms with van der Waals surface area (Å²) < 4.78 is 15.6. The third-order valence-electron chi connectivity index (χ3n) is 6.57. The SMILES string of the molecule is COCCOC(=O)C1=C(C)NC2=C(C(=O)C[C@@H](c3ccc(OC)cc3)C2)[C@@H]1c1cccc([N+](=O)[O-])c1. The summed E-state index contributed by atoms with van der Waals surface area (Å²) in [6.45, 7) is 2.03. The summed E-state index contributed by atoms with van der Waals surface area (Å²) in [5.41, 5.74) is 3.37. The minimum Gasteiger partial charge on any atom is -0.497 e. The summed E-state index contributed by atoms with van der Waals surface area (Å²) in [5, 5.41) is 14.7. The summed E-state index contributed by atoms with van der Waals surface area (Å²) in [6.07, 6.45) is 0.811. The highest BCUT2D eigenvalue weighted by Gasteiger charge is 2.41. The van der Waals surface area contributed by atoms with Crippen molar-refractivity contribution in [2.45, 2.75) is 31.6 Å². The van der Waals surface area contributed by atoms with Crippen molar-refractivity contribution in [2.24, 2.45) is 0 Å². The first-order chi connectivity index (χ1) is 17.3. The number of nitrogens with zero attached hydrogens (tertiary/aromatic N) is 1. The number of non-ortho nitro benzene ring substituents is 1. The molecule has 2 aromatic carbocycles. The van der Waals surface area contributed by atoms with Gasteiger partial charge in [-0.25, -0.2) is 4.79 Å². The van der Waals surface area contributed by atoms with Gasteiger partial charge in [0.05, 0.1) is 24.2 Å².